The van der Waals surface area contributed by atoms with Gasteiger partial charge in [-0.1, -0.05) is 0 Å². The van der Waals surface area contributed by atoms with Crippen LogP contribution >= 0.6 is 0 Å². The first-order chi connectivity index (χ1) is 7.22. The molecule has 1 fully saturated rings. The van der Waals surface area contributed by atoms with Crippen molar-refractivity contribution < 1.29 is 9.90 Å². The molecule has 0 bridgehead atoms. The zero-order chi connectivity index (χ0) is 10.8. The lowest BCUT2D eigenvalue weighted by atomic mass is 10.2. The van der Waals surface area contributed by atoms with E-state index in [9.17, 15) is 4.79 Å². The third-order valence-electron chi connectivity index (χ3n) is 2.68. The SMILES string of the molecule is Nc1cc(C(=O)N2CCC[C@@H]2CO)[nH]n1. The van der Waals surface area contributed by atoms with Crippen molar-refractivity contribution in [1.82, 2.24) is 15.1 Å². The molecule has 1 amide bonds. The summed E-state index contributed by atoms with van der Waals surface area (Å²) in [6.45, 7) is 0.693. The molecule has 1 saturated heterocycles. The van der Waals surface area contributed by atoms with Crippen LogP contribution in [0.1, 0.15) is 23.3 Å². The average Bonchev–Trinajstić information content (AvgIpc) is 2.84. The molecule has 0 aliphatic carbocycles. The second kappa shape index (κ2) is 3.90. The lowest BCUT2D eigenvalue weighted by molar-refractivity contribution is 0.0671. The molecule has 1 atom stereocenters. The number of hydrogen-bond acceptors (Lipinski definition) is 4. The normalized spacial score (nSPS) is 20.9. The molecule has 1 aromatic heterocycles. The molecule has 0 aromatic carbocycles. The molecule has 2 heterocycles. The van der Waals surface area contributed by atoms with E-state index in [2.05, 4.69) is 10.2 Å². The van der Waals surface area contributed by atoms with Gasteiger partial charge in [-0.2, -0.15) is 5.10 Å². The molecule has 15 heavy (non-hydrogen) atoms. The fourth-order valence-electron chi connectivity index (χ4n) is 1.89. The molecule has 0 radical (unpaired) electrons. The van der Waals surface area contributed by atoms with Gasteiger partial charge in [0.25, 0.3) is 5.91 Å². The van der Waals surface area contributed by atoms with Gasteiger partial charge in [0.2, 0.25) is 0 Å². The molecule has 6 nitrogen and oxygen atoms in total. The summed E-state index contributed by atoms with van der Waals surface area (Å²) in [6.07, 6.45) is 1.78. The summed E-state index contributed by atoms with van der Waals surface area (Å²) in [5, 5.41) is 15.4. The summed E-state index contributed by atoms with van der Waals surface area (Å²) in [7, 11) is 0. The second-order valence-corrected chi connectivity index (χ2v) is 3.68. The average molecular weight is 210 g/mol. The number of amides is 1. The van der Waals surface area contributed by atoms with Gasteiger partial charge in [0, 0.05) is 12.6 Å². The van der Waals surface area contributed by atoms with Crippen molar-refractivity contribution in [2.75, 3.05) is 18.9 Å². The Morgan fingerprint density at radius 1 is 1.80 bits per heavy atom. The van der Waals surface area contributed by atoms with Crippen molar-refractivity contribution in [3.8, 4) is 0 Å². The maximum Gasteiger partial charge on any atom is 0.272 e. The number of nitrogens with two attached hydrogens (primary N) is 1. The fraction of sp³-hybridized carbons (Fsp3) is 0.556. The molecule has 1 aliphatic rings. The van der Waals surface area contributed by atoms with Crippen molar-refractivity contribution in [3.63, 3.8) is 0 Å². The van der Waals surface area contributed by atoms with Gasteiger partial charge < -0.3 is 15.7 Å². The van der Waals surface area contributed by atoms with Crippen LogP contribution in [0.4, 0.5) is 5.82 Å². The first kappa shape index (κ1) is 9.97. The number of aromatic nitrogens is 2. The van der Waals surface area contributed by atoms with Crippen LogP contribution in [0, 0.1) is 0 Å². The number of rotatable bonds is 2. The number of aliphatic hydroxyl groups excluding tert-OH is 1. The maximum atomic E-state index is 11.9. The van der Waals surface area contributed by atoms with E-state index >= 15 is 0 Å². The quantitative estimate of drug-likeness (QED) is 0.618. The lowest BCUT2D eigenvalue weighted by Gasteiger charge is -2.21. The van der Waals surface area contributed by atoms with Crippen molar-refractivity contribution in [3.05, 3.63) is 11.8 Å². The minimum absolute atomic E-state index is 0.00929. The first-order valence-electron chi connectivity index (χ1n) is 4.95. The minimum atomic E-state index is -0.143. The standard InChI is InChI=1S/C9H14N4O2/c10-8-4-7(11-12-8)9(15)13-3-1-2-6(13)5-14/h4,6,14H,1-3,5H2,(H3,10,11,12)/t6-/m1/s1. The van der Waals surface area contributed by atoms with Gasteiger partial charge in [0.15, 0.2) is 0 Å². The summed E-state index contributed by atoms with van der Waals surface area (Å²) >= 11 is 0. The van der Waals surface area contributed by atoms with Gasteiger partial charge in [0.1, 0.15) is 11.5 Å². The zero-order valence-corrected chi connectivity index (χ0v) is 8.31. The zero-order valence-electron chi connectivity index (χ0n) is 8.31. The molecule has 0 spiro atoms. The summed E-state index contributed by atoms with van der Waals surface area (Å²) in [5.74, 6) is 0.161. The predicted octanol–water partition coefficient (Wildman–Crippen LogP) is -0.411. The summed E-state index contributed by atoms with van der Waals surface area (Å²) < 4.78 is 0. The van der Waals surface area contributed by atoms with Crippen molar-refractivity contribution >= 4 is 11.7 Å². The van der Waals surface area contributed by atoms with Gasteiger partial charge in [-0.25, -0.2) is 0 Å². The van der Waals surface area contributed by atoms with E-state index in [4.69, 9.17) is 10.8 Å². The van der Waals surface area contributed by atoms with Crippen LogP contribution in [0.3, 0.4) is 0 Å². The monoisotopic (exact) mass is 210 g/mol. The van der Waals surface area contributed by atoms with E-state index in [-0.39, 0.29) is 18.6 Å². The number of likely N-dealkylation sites (tertiary alicyclic amines) is 1. The van der Waals surface area contributed by atoms with Crippen LogP contribution in [-0.4, -0.2) is 45.3 Å². The maximum absolute atomic E-state index is 11.9. The highest BCUT2D eigenvalue weighted by Crippen LogP contribution is 2.19. The van der Waals surface area contributed by atoms with Crippen molar-refractivity contribution in [2.24, 2.45) is 0 Å². The number of hydrogen-bond donors (Lipinski definition) is 3. The van der Waals surface area contributed by atoms with Crippen LogP contribution < -0.4 is 5.73 Å². The Hall–Kier alpha value is -1.56. The number of carbonyl (C=O) groups is 1. The molecule has 1 aromatic rings. The highest BCUT2D eigenvalue weighted by molar-refractivity contribution is 5.93. The van der Waals surface area contributed by atoms with E-state index in [1.807, 2.05) is 0 Å². The van der Waals surface area contributed by atoms with Crippen LogP contribution in [0.2, 0.25) is 0 Å². The largest absolute Gasteiger partial charge is 0.394 e. The first-order valence-corrected chi connectivity index (χ1v) is 4.95. The van der Waals surface area contributed by atoms with E-state index in [0.29, 0.717) is 18.1 Å². The third kappa shape index (κ3) is 1.80. The fourth-order valence-corrected chi connectivity index (χ4v) is 1.89. The van der Waals surface area contributed by atoms with Crippen LogP contribution in [0.15, 0.2) is 6.07 Å². The van der Waals surface area contributed by atoms with Gasteiger partial charge in [-0.05, 0) is 12.8 Å². The number of H-pyrrole nitrogens is 1. The molecule has 2 rings (SSSR count). The van der Waals surface area contributed by atoms with E-state index in [1.165, 1.54) is 6.07 Å². The van der Waals surface area contributed by atoms with Crippen LogP contribution in [0.5, 0.6) is 0 Å². The smallest absolute Gasteiger partial charge is 0.272 e. The van der Waals surface area contributed by atoms with E-state index in [0.717, 1.165) is 12.8 Å². The molecular weight excluding hydrogens is 196 g/mol. The molecule has 0 unspecified atom stereocenters. The summed E-state index contributed by atoms with van der Waals surface area (Å²) in [6, 6.07) is 1.44. The number of nitrogens with zero attached hydrogens (tertiary/aromatic N) is 2. The van der Waals surface area contributed by atoms with Gasteiger partial charge in [0.05, 0.1) is 12.6 Å². The molecule has 1 aliphatic heterocycles. The number of aromatic amines is 1. The lowest BCUT2D eigenvalue weighted by Crippen LogP contribution is -2.37. The minimum Gasteiger partial charge on any atom is -0.394 e. The number of nitrogen functional groups attached to an aromatic ring is 1. The Kier molecular flexibility index (Phi) is 2.59. The molecule has 4 N–H and O–H groups in total. The number of nitrogens with one attached hydrogen (secondary N) is 1. The van der Waals surface area contributed by atoms with Crippen LogP contribution in [-0.2, 0) is 0 Å². The highest BCUT2D eigenvalue weighted by Gasteiger charge is 2.29. The van der Waals surface area contributed by atoms with Gasteiger partial charge >= 0.3 is 0 Å². The van der Waals surface area contributed by atoms with E-state index < -0.39 is 0 Å². The topological polar surface area (TPSA) is 95.2 Å². The van der Waals surface area contributed by atoms with Gasteiger partial charge in [-0.15, -0.1) is 0 Å². The molecule has 0 saturated carbocycles. The van der Waals surface area contributed by atoms with Crippen molar-refractivity contribution in [2.45, 2.75) is 18.9 Å². The Morgan fingerprint density at radius 2 is 2.60 bits per heavy atom. The third-order valence-corrected chi connectivity index (χ3v) is 2.68. The molecule has 82 valence electrons. The van der Waals surface area contributed by atoms with Crippen molar-refractivity contribution in [1.29, 1.82) is 0 Å². The Bertz CT molecular complexity index is 363. The summed E-state index contributed by atoms with van der Waals surface area (Å²) in [5.41, 5.74) is 5.80. The second-order valence-electron chi connectivity index (χ2n) is 3.68. The Balaban J connectivity index is 2.13. The van der Waals surface area contributed by atoms with Gasteiger partial charge in [-0.3, -0.25) is 9.89 Å². The Labute approximate surface area is 87.1 Å². The van der Waals surface area contributed by atoms with E-state index in [1.54, 1.807) is 4.90 Å². The number of aliphatic hydroxyl groups is 1. The predicted molar refractivity (Wildman–Crippen MR) is 54.1 cm³/mol. The summed E-state index contributed by atoms with van der Waals surface area (Å²) in [4.78, 5) is 13.6. The van der Waals surface area contributed by atoms with Crippen LogP contribution in [0.25, 0.3) is 0 Å². The Morgan fingerprint density at radius 3 is 3.20 bits per heavy atom. The molecule has 6 heteroatoms. The number of anilines is 1. The highest BCUT2D eigenvalue weighted by atomic mass is 16.3. The molecular formula is C9H14N4O2. The number of carbonyl (C=O) groups excluding carboxylic acids is 1.